The Hall–Kier alpha value is -2.46. The van der Waals surface area contributed by atoms with Crippen molar-refractivity contribution in [3.8, 4) is 5.75 Å². The molecule has 0 radical (unpaired) electrons. The number of halogens is 1. The van der Waals surface area contributed by atoms with Gasteiger partial charge in [0.1, 0.15) is 5.75 Å². The Bertz CT molecular complexity index is 768. The lowest BCUT2D eigenvalue weighted by molar-refractivity contribution is -0.126. The van der Waals surface area contributed by atoms with Crippen molar-refractivity contribution < 1.29 is 9.53 Å². The van der Waals surface area contributed by atoms with Gasteiger partial charge >= 0.3 is 0 Å². The first-order valence-corrected chi connectivity index (χ1v) is 8.66. The molecular formula is C20H21ClN2O2. The molecule has 0 aliphatic carbocycles. The molecule has 2 aromatic rings. The summed E-state index contributed by atoms with van der Waals surface area (Å²) in [5, 5.41) is 0.748. The van der Waals surface area contributed by atoms with Crippen molar-refractivity contribution in [1.82, 2.24) is 4.90 Å². The Labute approximate surface area is 153 Å². The molecule has 0 unspecified atom stereocenters. The maximum Gasteiger partial charge on any atom is 0.246 e. The number of hydrogen-bond donors (Lipinski definition) is 0. The standard InChI is InChI=1S/C20H21ClN2O2/c1-25-19-9-5-2-6-16(19)10-11-20(24)23-14-12-22(13-15-23)18-8-4-3-7-17(18)21/h2-11H,12-15H2,1H3/b11-10+. The third-order valence-corrected chi connectivity index (χ3v) is 4.65. The summed E-state index contributed by atoms with van der Waals surface area (Å²) in [5.41, 5.74) is 1.92. The Morgan fingerprint density at radius 3 is 2.44 bits per heavy atom. The number of hydrogen-bond acceptors (Lipinski definition) is 3. The molecule has 2 aromatic carbocycles. The van der Waals surface area contributed by atoms with E-state index >= 15 is 0 Å². The molecule has 1 aliphatic rings. The fraction of sp³-hybridized carbons (Fsp3) is 0.250. The van der Waals surface area contributed by atoms with E-state index in [2.05, 4.69) is 4.90 Å². The van der Waals surface area contributed by atoms with Gasteiger partial charge in [0.15, 0.2) is 0 Å². The Balaban J connectivity index is 1.60. The zero-order valence-corrected chi connectivity index (χ0v) is 14.9. The lowest BCUT2D eigenvalue weighted by Gasteiger charge is -2.36. The van der Waals surface area contributed by atoms with Crippen molar-refractivity contribution in [2.45, 2.75) is 0 Å². The van der Waals surface area contributed by atoms with Gasteiger partial charge in [0.25, 0.3) is 0 Å². The molecule has 1 saturated heterocycles. The van der Waals surface area contributed by atoms with Crippen LogP contribution in [-0.2, 0) is 4.79 Å². The summed E-state index contributed by atoms with van der Waals surface area (Å²) in [6.07, 6.45) is 3.42. The predicted octanol–water partition coefficient (Wildman–Crippen LogP) is 3.71. The van der Waals surface area contributed by atoms with Crippen molar-refractivity contribution in [3.63, 3.8) is 0 Å². The number of carbonyl (C=O) groups excluding carboxylic acids is 1. The summed E-state index contributed by atoms with van der Waals surface area (Å²) in [6, 6.07) is 15.5. The molecule has 25 heavy (non-hydrogen) atoms. The fourth-order valence-electron chi connectivity index (χ4n) is 2.95. The topological polar surface area (TPSA) is 32.8 Å². The largest absolute Gasteiger partial charge is 0.496 e. The van der Waals surface area contributed by atoms with Crippen LogP contribution < -0.4 is 9.64 Å². The number of benzene rings is 2. The third-order valence-electron chi connectivity index (χ3n) is 4.33. The van der Waals surface area contributed by atoms with Crippen molar-refractivity contribution >= 4 is 29.3 Å². The van der Waals surface area contributed by atoms with Gasteiger partial charge in [-0.15, -0.1) is 0 Å². The minimum Gasteiger partial charge on any atom is -0.496 e. The van der Waals surface area contributed by atoms with E-state index in [1.165, 1.54) is 0 Å². The number of rotatable bonds is 4. The third kappa shape index (κ3) is 4.15. The maximum absolute atomic E-state index is 12.4. The summed E-state index contributed by atoms with van der Waals surface area (Å²) < 4.78 is 5.30. The smallest absolute Gasteiger partial charge is 0.246 e. The molecule has 0 spiro atoms. The Kier molecular flexibility index (Phi) is 5.61. The van der Waals surface area contributed by atoms with Gasteiger partial charge in [-0.2, -0.15) is 0 Å². The van der Waals surface area contributed by atoms with Gasteiger partial charge in [0.05, 0.1) is 17.8 Å². The summed E-state index contributed by atoms with van der Waals surface area (Å²) >= 11 is 6.26. The van der Waals surface area contributed by atoms with Crippen LogP contribution >= 0.6 is 11.6 Å². The van der Waals surface area contributed by atoms with E-state index < -0.39 is 0 Å². The van der Waals surface area contributed by atoms with Crippen LogP contribution in [0.5, 0.6) is 5.75 Å². The second-order valence-corrected chi connectivity index (χ2v) is 6.25. The molecule has 1 aliphatic heterocycles. The van der Waals surface area contributed by atoms with E-state index in [0.717, 1.165) is 35.1 Å². The molecule has 1 amide bonds. The molecule has 0 N–H and O–H groups in total. The van der Waals surface area contributed by atoms with Gasteiger partial charge in [-0.05, 0) is 24.3 Å². The molecule has 1 heterocycles. The second-order valence-electron chi connectivity index (χ2n) is 5.84. The number of para-hydroxylation sites is 2. The van der Waals surface area contributed by atoms with Crippen molar-refractivity contribution in [2.75, 3.05) is 38.2 Å². The van der Waals surface area contributed by atoms with Crippen LogP contribution in [-0.4, -0.2) is 44.1 Å². The molecule has 0 bridgehead atoms. The average Bonchev–Trinajstić information content (AvgIpc) is 2.67. The highest BCUT2D eigenvalue weighted by Crippen LogP contribution is 2.26. The predicted molar refractivity (Wildman–Crippen MR) is 102 cm³/mol. The number of amides is 1. The first kappa shape index (κ1) is 17.4. The monoisotopic (exact) mass is 356 g/mol. The molecular weight excluding hydrogens is 336 g/mol. The molecule has 1 fully saturated rings. The molecule has 3 rings (SSSR count). The summed E-state index contributed by atoms with van der Waals surface area (Å²) in [6.45, 7) is 2.91. The van der Waals surface area contributed by atoms with Gasteiger partial charge < -0.3 is 14.5 Å². The first-order valence-electron chi connectivity index (χ1n) is 8.28. The van der Waals surface area contributed by atoms with Crippen LogP contribution in [0.4, 0.5) is 5.69 Å². The normalized spacial score (nSPS) is 14.8. The molecule has 0 atom stereocenters. The van der Waals surface area contributed by atoms with E-state index in [-0.39, 0.29) is 5.91 Å². The highest BCUT2D eigenvalue weighted by molar-refractivity contribution is 6.33. The van der Waals surface area contributed by atoms with E-state index in [1.54, 1.807) is 13.2 Å². The highest BCUT2D eigenvalue weighted by Gasteiger charge is 2.20. The van der Waals surface area contributed by atoms with Crippen LogP contribution in [0.15, 0.2) is 54.6 Å². The number of methoxy groups -OCH3 is 1. The number of carbonyl (C=O) groups is 1. The van der Waals surface area contributed by atoms with Gasteiger partial charge in [-0.25, -0.2) is 0 Å². The SMILES string of the molecule is COc1ccccc1/C=C/C(=O)N1CCN(c2ccccc2Cl)CC1. The van der Waals surface area contributed by atoms with E-state index in [0.29, 0.717) is 13.1 Å². The van der Waals surface area contributed by atoms with Crippen LogP contribution in [0.1, 0.15) is 5.56 Å². The molecule has 0 aromatic heterocycles. The molecule has 5 heteroatoms. The van der Waals surface area contributed by atoms with E-state index in [9.17, 15) is 4.79 Å². The number of nitrogens with zero attached hydrogens (tertiary/aromatic N) is 2. The molecule has 0 saturated carbocycles. The first-order chi connectivity index (χ1) is 12.2. The zero-order chi connectivity index (χ0) is 17.6. The van der Waals surface area contributed by atoms with Gasteiger partial charge in [-0.1, -0.05) is 41.9 Å². The Morgan fingerprint density at radius 1 is 1.04 bits per heavy atom. The zero-order valence-electron chi connectivity index (χ0n) is 14.2. The highest BCUT2D eigenvalue weighted by atomic mass is 35.5. The van der Waals surface area contributed by atoms with Crippen LogP contribution in [0.3, 0.4) is 0 Å². The number of anilines is 1. The minimum atomic E-state index is 0.0183. The summed E-state index contributed by atoms with van der Waals surface area (Å²) in [7, 11) is 1.63. The van der Waals surface area contributed by atoms with Gasteiger partial charge in [0.2, 0.25) is 5.91 Å². The Morgan fingerprint density at radius 2 is 1.72 bits per heavy atom. The number of ether oxygens (including phenoxy) is 1. The molecule has 4 nitrogen and oxygen atoms in total. The lowest BCUT2D eigenvalue weighted by Crippen LogP contribution is -2.48. The quantitative estimate of drug-likeness (QED) is 0.783. The molecule has 130 valence electrons. The van der Waals surface area contributed by atoms with Crippen LogP contribution in [0.25, 0.3) is 6.08 Å². The summed E-state index contributed by atoms with van der Waals surface area (Å²) in [5.74, 6) is 0.778. The second kappa shape index (κ2) is 8.08. The minimum absolute atomic E-state index is 0.0183. The summed E-state index contributed by atoms with van der Waals surface area (Å²) in [4.78, 5) is 16.5. The maximum atomic E-state index is 12.4. The van der Waals surface area contributed by atoms with Crippen LogP contribution in [0.2, 0.25) is 5.02 Å². The van der Waals surface area contributed by atoms with E-state index in [1.807, 2.05) is 59.5 Å². The van der Waals surface area contributed by atoms with E-state index in [4.69, 9.17) is 16.3 Å². The van der Waals surface area contributed by atoms with Crippen molar-refractivity contribution in [1.29, 1.82) is 0 Å². The average molecular weight is 357 g/mol. The van der Waals surface area contributed by atoms with Crippen molar-refractivity contribution in [3.05, 3.63) is 65.2 Å². The lowest BCUT2D eigenvalue weighted by atomic mass is 10.2. The number of piperazine rings is 1. The van der Waals surface area contributed by atoms with Gasteiger partial charge in [-0.3, -0.25) is 4.79 Å². The van der Waals surface area contributed by atoms with Crippen molar-refractivity contribution in [2.24, 2.45) is 0 Å². The fourth-order valence-corrected chi connectivity index (χ4v) is 3.20. The van der Waals surface area contributed by atoms with Crippen LogP contribution in [0, 0.1) is 0 Å². The van der Waals surface area contributed by atoms with Gasteiger partial charge in [0, 0.05) is 37.8 Å².